The fraction of sp³-hybridized carbons (Fsp3) is 0.562. The van der Waals surface area contributed by atoms with E-state index in [9.17, 15) is 9.90 Å². The molecule has 21 heavy (non-hydrogen) atoms. The number of hydrogen-bond donors (Lipinski definition) is 2. The van der Waals surface area contributed by atoms with Gasteiger partial charge in [0.2, 0.25) is 5.91 Å². The lowest BCUT2D eigenvalue weighted by Gasteiger charge is -2.42. The van der Waals surface area contributed by atoms with Crippen LogP contribution in [0.15, 0.2) is 18.2 Å². The average molecular weight is 330 g/mol. The quantitative estimate of drug-likeness (QED) is 0.887. The number of aliphatic hydroxyl groups is 1. The lowest BCUT2D eigenvalue weighted by atomic mass is 9.62. The van der Waals surface area contributed by atoms with Gasteiger partial charge in [-0.1, -0.05) is 42.1 Å². The molecule has 1 fully saturated rings. The van der Waals surface area contributed by atoms with Crippen molar-refractivity contribution in [3.8, 4) is 0 Å². The van der Waals surface area contributed by atoms with Gasteiger partial charge in [-0.3, -0.25) is 4.79 Å². The van der Waals surface area contributed by atoms with Crippen LogP contribution in [-0.2, 0) is 10.2 Å². The number of amides is 1. The fourth-order valence-corrected chi connectivity index (χ4v) is 3.69. The second-order valence-electron chi connectivity index (χ2n) is 5.58. The molecule has 0 bridgehead atoms. The molecule has 1 aliphatic rings. The predicted molar refractivity (Wildman–Crippen MR) is 85.9 cm³/mol. The largest absolute Gasteiger partial charge is 0.396 e. The Morgan fingerprint density at radius 3 is 2.76 bits per heavy atom. The molecule has 0 aromatic heterocycles. The molecule has 1 aromatic rings. The second kappa shape index (κ2) is 6.99. The Kier molecular flexibility index (Phi) is 5.53. The first-order valence-corrected chi connectivity index (χ1v) is 8.16. The highest BCUT2D eigenvalue weighted by molar-refractivity contribution is 6.42. The molecule has 2 N–H and O–H groups in total. The minimum atomic E-state index is -0.711. The molecule has 0 heterocycles. The van der Waals surface area contributed by atoms with Crippen molar-refractivity contribution >= 4 is 29.1 Å². The average Bonchev–Trinajstić information content (AvgIpc) is 2.50. The molecule has 1 aromatic carbocycles. The van der Waals surface area contributed by atoms with Gasteiger partial charge in [0, 0.05) is 19.1 Å². The molecule has 1 saturated carbocycles. The van der Waals surface area contributed by atoms with Gasteiger partial charge in [0.1, 0.15) is 0 Å². The molecular formula is C16H21Cl2NO2. The number of halogens is 2. The Bertz CT molecular complexity index is 521. The third kappa shape index (κ3) is 3.05. The highest BCUT2D eigenvalue weighted by atomic mass is 35.5. The van der Waals surface area contributed by atoms with Gasteiger partial charge in [0.05, 0.1) is 15.5 Å². The van der Waals surface area contributed by atoms with Crippen LogP contribution in [0.4, 0.5) is 0 Å². The highest BCUT2D eigenvalue weighted by Crippen LogP contribution is 2.45. The van der Waals surface area contributed by atoms with Gasteiger partial charge in [0.25, 0.3) is 0 Å². The van der Waals surface area contributed by atoms with Gasteiger partial charge in [-0.05, 0) is 37.5 Å². The number of nitrogens with one attached hydrogen (secondary N) is 1. The van der Waals surface area contributed by atoms with Gasteiger partial charge >= 0.3 is 0 Å². The summed E-state index contributed by atoms with van der Waals surface area (Å²) < 4.78 is 0. The van der Waals surface area contributed by atoms with Gasteiger partial charge in [0.15, 0.2) is 0 Å². The van der Waals surface area contributed by atoms with Crippen LogP contribution in [0.25, 0.3) is 0 Å². The van der Waals surface area contributed by atoms with Crippen molar-refractivity contribution in [3.63, 3.8) is 0 Å². The van der Waals surface area contributed by atoms with E-state index >= 15 is 0 Å². The molecule has 116 valence electrons. The fourth-order valence-electron chi connectivity index (χ4n) is 3.39. The number of benzene rings is 1. The van der Waals surface area contributed by atoms with E-state index in [0.717, 1.165) is 31.2 Å². The minimum absolute atomic E-state index is 0.00260. The van der Waals surface area contributed by atoms with Crippen LogP contribution in [0.2, 0.25) is 10.0 Å². The molecule has 0 saturated heterocycles. The molecule has 3 nitrogen and oxygen atoms in total. The molecule has 1 aliphatic carbocycles. The summed E-state index contributed by atoms with van der Waals surface area (Å²) in [5, 5.41) is 13.6. The topological polar surface area (TPSA) is 49.3 Å². The number of carbonyl (C=O) groups is 1. The normalized spacial score (nSPS) is 25.6. The van der Waals surface area contributed by atoms with Gasteiger partial charge in [-0.2, -0.15) is 0 Å². The molecular weight excluding hydrogens is 309 g/mol. The zero-order chi connectivity index (χ0) is 15.5. The molecule has 5 heteroatoms. The van der Waals surface area contributed by atoms with E-state index in [1.54, 1.807) is 12.1 Å². The summed E-state index contributed by atoms with van der Waals surface area (Å²) in [5.74, 6) is -0.114. The number of hydrogen-bond acceptors (Lipinski definition) is 2. The second-order valence-corrected chi connectivity index (χ2v) is 6.40. The van der Waals surface area contributed by atoms with Gasteiger partial charge in [-0.25, -0.2) is 0 Å². The third-order valence-corrected chi connectivity index (χ3v) is 5.21. The molecule has 2 atom stereocenters. The van der Waals surface area contributed by atoms with E-state index in [2.05, 4.69) is 5.32 Å². The van der Waals surface area contributed by atoms with Crippen molar-refractivity contribution in [1.82, 2.24) is 5.32 Å². The SMILES string of the molecule is CCNC(=O)C1(c2ccc(Cl)c(Cl)c2)CCCC[C@H]1CO. The van der Waals surface area contributed by atoms with E-state index in [-0.39, 0.29) is 18.4 Å². The first-order valence-electron chi connectivity index (χ1n) is 7.41. The van der Waals surface area contributed by atoms with Crippen LogP contribution in [-0.4, -0.2) is 24.2 Å². The Balaban J connectivity index is 2.53. The van der Waals surface area contributed by atoms with Crippen LogP contribution in [0.1, 0.15) is 38.2 Å². The third-order valence-electron chi connectivity index (χ3n) is 4.47. The minimum Gasteiger partial charge on any atom is -0.396 e. The first kappa shape index (κ1) is 16.6. The maximum absolute atomic E-state index is 12.8. The van der Waals surface area contributed by atoms with Crippen LogP contribution in [0, 0.1) is 5.92 Å². The van der Waals surface area contributed by atoms with E-state index in [0.29, 0.717) is 16.6 Å². The van der Waals surface area contributed by atoms with Crippen molar-refractivity contribution in [2.45, 2.75) is 38.0 Å². The smallest absolute Gasteiger partial charge is 0.231 e. The highest BCUT2D eigenvalue weighted by Gasteiger charge is 2.47. The van der Waals surface area contributed by atoms with E-state index in [1.807, 2.05) is 13.0 Å². The maximum Gasteiger partial charge on any atom is 0.231 e. The summed E-state index contributed by atoms with van der Waals surface area (Å²) in [6.07, 6.45) is 3.57. The van der Waals surface area contributed by atoms with Crippen molar-refractivity contribution in [2.75, 3.05) is 13.2 Å². The van der Waals surface area contributed by atoms with Crippen LogP contribution in [0.5, 0.6) is 0 Å². The van der Waals surface area contributed by atoms with Crippen molar-refractivity contribution in [2.24, 2.45) is 5.92 Å². The van der Waals surface area contributed by atoms with E-state index in [4.69, 9.17) is 23.2 Å². The molecule has 0 aliphatic heterocycles. The zero-order valence-electron chi connectivity index (χ0n) is 12.2. The molecule has 0 spiro atoms. The summed E-state index contributed by atoms with van der Waals surface area (Å²) in [5.41, 5.74) is 0.138. The number of likely N-dealkylation sites (N-methyl/N-ethyl adjacent to an activating group) is 1. The Labute approximate surface area is 135 Å². The van der Waals surface area contributed by atoms with Crippen LogP contribution in [0.3, 0.4) is 0 Å². The number of rotatable bonds is 4. The van der Waals surface area contributed by atoms with E-state index in [1.165, 1.54) is 0 Å². The van der Waals surface area contributed by atoms with E-state index < -0.39 is 5.41 Å². The summed E-state index contributed by atoms with van der Waals surface area (Å²) in [7, 11) is 0. The molecule has 1 unspecified atom stereocenters. The summed E-state index contributed by atoms with van der Waals surface area (Å²) in [6.45, 7) is 2.47. The zero-order valence-corrected chi connectivity index (χ0v) is 13.7. The maximum atomic E-state index is 12.8. The van der Waals surface area contributed by atoms with Crippen molar-refractivity contribution in [1.29, 1.82) is 0 Å². The predicted octanol–water partition coefficient (Wildman–Crippen LogP) is 3.55. The van der Waals surface area contributed by atoms with Gasteiger partial charge < -0.3 is 10.4 Å². The Morgan fingerprint density at radius 2 is 2.14 bits per heavy atom. The summed E-state index contributed by atoms with van der Waals surface area (Å²) in [6, 6.07) is 5.35. The monoisotopic (exact) mass is 329 g/mol. The standard InChI is InChI=1S/C16H21Cl2NO2/c1-2-19-15(21)16(8-4-3-5-12(16)10-20)11-6-7-13(17)14(18)9-11/h6-7,9,12,20H,2-5,8,10H2,1H3,(H,19,21)/t12-,16?/m0/s1. The van der Waals surface area contributed by atoms with Crippen molar-refractivity contribution < 1.29 is 9.90 Å². The number of carbonyl (C=O) groups excluding carboxylic acids is 1. The number of aliphatic hydroxyl groups excluding tert-OH is 1. The lowest BCUT2D eigenvalue weighted by molar-refractivity contribution is -0.131. The Morgan fingerprint density at radius 1 is 1.38 bits per heavy atom. The molecule has 2 rings (SSSR count). The van der Waals surface area contributed by atoms with Crippen molar-refractivity contribution in [3.05, 3.63) is 33.8 Å². The summed E-state index contributed by atoms with van der Waals surface area (Å²) >= 11 is 12.1. The first-order chi connectivity index (χ1) is 10.1. The summed E-state index contributed by atoms with van der Waals surface area (Å²) in [4.78, 5) is 12.8. The lowest BCUT2D eigenvalue weighted by Crippen LogP contribution is -2.52. The Hall–Kier alpha value is -0.770. The van der Waals surface area contributed by atoms with Gasteiger partial charge in [-0.15, -0.1) is 0 Å². The molecule has 0 radical (unpaired) electrons. The van der Waals surface area contributed by atoms with Crippen LogP contribution < -0.4 is 5.32 Å². The molecule has 1 amide bonds. The van der Waals surface area contributed by atoms with Crippen LogP contribution >= 0.6 is 23.2 Å².